The van der Waals surface area contributed by atoms with Crippen molar-refractivity contribution in [2.75, 3.05) is 0 Å². The maximum atomic E-state index is 11.6. The number of fused-ring (bicyclic) bond motifs is 1. The van der Waals surface area contributed by atoms with E-state index in [9.17, 15) is 4.79 Å². The van der Waals surface area contributed by atoms with Gasteiger partial charge in [0.2, 0.25) is 0 Å². The van der Waals surface area contributed by atoms with Crippen molar-refractivity contribution < 1.29 is 0 Å². The molecule has 0 aliphatic rings. The van der Waals surface area contributed by atoms with Gasteiger partial charge < -0.3 is 4.57 Å². The zero-order valence-electron chi connectivity index (χ0n) is 17.5. The minimum Gasteiger partial charge on any atom is -0.308 e. The first-order valence-electron chi connectivity index (χ1n) is 10.1. The third-order valence-corrected chi connectivity index (χ3v) is 5.98. The van der Waals surface area contributed by atoms with E-state index in [2.05, 4.69) is 51.2 Å². The summed E-state index contributed by atoms with van der Waals surface area (Å²) >= 11 is 0.936. The lowest BCUT2D eigenvalue weighted by molar-refractivity contribution is 0.776. The molecule has 5 aromatic rings. The zero-order valence-corrected chi connectivity index (χ0v) is 18.3. The number of aryl methyl sites for hydroxylation is 3. The van der Waals surface area contributed by atoms with Gasteiger partial charge >= 0.3 is 4.87 Å². The van der Waals surface area contributed by atoms with Crippen molar-refractivity contribution in [3.8, 4) is 22.5 Å². The van der Waals surface area contributed by atoms with Crippen LogP contribution in [-0.2, 0) is 6.54 Å². The van der Waals surface area contributed by atoms with Crippen LogP contribution in [0.4, 0.5) is 0 Å². The van der Waals surface area contributed by atoms with Crippen LogP contribution in [0.3, 0.4) is 0 Å². The first kappa shape index (κ1) is 19.4. The monoisotopic (exact) mass is 427 g/mol. The number of H-pyrrole nitrogens is 1. The number of nitrogens with zero attached hydrogens (tertiary/aromatic N) is 4. The van der Waals surface area contributed by atoms with Gasteiger partial charge in [-0.3, -0.25) is 9.78 Å². The Hall–Kier alpha value is -3.58. The van der Waals surface area contributed by atoms with E-state index in [1.54, 1.807) is 0 Å². The number of hydrogen-bond donors (Lipinski definition) is 1. The summed E-state index contributed by atoms with van der Waals surface area (Å²) in [6.45, 7) is 6.83. The van der Waals surface area contributed by atoms with Crippen LogP contribution in [0.25, 0.3) is 33.7 Å². The average Bonchev–Trinajstić information content (AvgIpc) is 3.33. The number of aromatic amines is 1. The fraction of sp³-hybridized carbons (Fsp3) is 0.167. The molecule has 0 aliphatic heterocycles. The van der Waals surface area contributed by atoms with Crippen molar-refractivity contribution in [1.82, 2.24) is 23.9 Å². The minimum atomic E-state index is -0.151. The minimum absolute atomic E-state index is 0.151. The second kappa shape index (κ2) is 7.59. The molecule has 3 heterocycles. The molecular formula is C24H21N5OS. The summed E-state index contributed by atoms with van der Waals surface area (Å²) in [7, 11) is 0. The van der Waals surface area contributed by atoms with Crippen molar-refractivity contribution in [1.29, 1.82) is 0 Å². The van der Waals surface area contributed by atoms with Gasteiger partial charge in [0.25, 0.3) is 0 Å². The van der Waals surface area contributed by atoms with Crippen LogP contribution in [0.5, 0.6) is 0 Å². The Bertz CT molecular complexity index is 1460. The Morgan fingerprint density at radius 1 is 0.968 bits per heavy atom. The average molecular weight is 428 g/mol. The zero-order chi connectivity index (χ0) is 21.5. The van der Waals surface area contributed by atoms with E-state index in [4.69, 9.17) is 9.97 Å². The second-order valence-electron chi connectivity index (χ2n) is 7.68. The molecule has 0 spiro atoms. The SMILES string of the molecule is Cc1cc(C)c2nc(C)n(Cc3ccc(-c4ccccc4-c4nsc(=O)[nH]4)cc3)c2n1. The Kier molecular flexibility index (Phi) is 4.75. The summed E-state index contributed by atoms with van der Waals surface area (Å²) in [5, 5.41) is 0. The summed E-state index contributed by atoms with van der Waals surface area (Å²) in [6, 6.07) is 18.5. The molecule has 1 N–H and O–H groups in total. The number of imidazole rings is 1. The normalized spacial score (nSPS) is 11.3. The molecule has 0 saturated heterocycles. The van der Waals surface area contributed by atoms with Gasteiger partial charge in [0.05, 0.1) is 6.54 Å². The fourth-order valence-electron chi connectivity index (χ4n) is 3.96. The Morgan fingerprint density at radius 3 is 2.42 bits per heavy atom. The summed E-state index contributed by atoms with van der Waals surface area (Å²) in [4.78, 5) is 23.7. The molecule has 6 nitrogen and oxygen atoms in total. The highest BCUT2D eigenvalue weighted by molar-refractivity contribution is 7.03. The molecule has 0 amide bonds. The van der Waals surface area contributed by atoms with Crippen LogP contribution in [0, 0.1) is 20.8 Å². The van der Waals surface area contributed by atoms with Gasteiger partial charge in [-0.05, 0) is 49.1 Å². The molecule has 0 fully saturated rings. The summed E-state index contributed by atoms with van der Waals surface area (Å²) in [5.41, 5.74) is 8.24. The van der Waals surface area contributed by atoms with Gasteiger partial charge in [0.15, 0.2) is 11.5 Å². The van der Waals surface area contributed by atoms with Gasteiger partial charge in [0, 0.05) is 22.8 Å². The Labute approximate surface area is 183 Å². The lowest BCUT2D eigenvalue weighted by atomic mass is 9.98. The first-order chi connectivity index (χ1) is 15.0. The summed E-state index contributed by atoms with van der Waals surface area (Å²) < 4.78 is 6.41. The van der Waals surface area contributed by atoms with E-state index >= 15 is 0 Å². The lowest BCUT2D eigenvalue weighted by Gasteiger charge is -2.10. The molecule has 0 aliphatic carbocycles. The predicted molar refractivity (Wildman–Crippen MR) is 124 cm³/mol. The fourth-order valence-corrected chi connectivity index (χ4v) is 4.42. The molecule has 3 aromatic heterocycles. The summed E-state index contributed by atoms with van der Waals surface area (Å²) in [5.74, 6) is 1.56. The van der Waals surface area contributed by atoms with Gasteiger partial charge in [-0.25, -0.2) is 9.97 Å². The first-order valence-corrected chi connectivity index (χ1v) is 10.8. The molecule has 0 unspecified atom stereocenters. The van der Waals surface area contributed by atoms with Crippen LogP contribution in [0.15, 0.2) is 59.4 Å². The van der Waals surface area contributed by atoms with Gasteiger partial charge in [-0.15, -0.1) is 0 Å². The number of pyridine rings is 1. The van der Waals surface area contributed by atoms with Crippen molar-refractivity contribution >= 4 is 22.7 Å². The smallest absolute Gasteiger partial charge is 0.308 e. The third kappa shape index (κ3) is 3.57. The van der Waals surface area contributed by atoms with Crippen LogP contribution in [-0.4, -0.2) is 23.9 Å². The summed E-state index contributed by atoms with van der Waals surface area (Å²) in [6.07, 6.45) is 0. The molecular weight excluding hydrogens is 406 g/mol. The molecule has 0 radical (unpaired) electrons. The predicted octanol–water partition coefficient (Wildman–Crippen LogP) is 4.88. The van der Waals surface area contributed by atoms with Crippen LogP contribution in [0.2, 0.25) is 0 Å². The van der Waals surface area contributed by atoms with E-state index in [1.807, 2.05) is 38.1 Å². The molecule has 0 bridgehead atoms. The maximum absolute atomic E-state index is 11.6. The number of rotatable bonds is 4. The van der Waals surface area contributed by atoms with Gasteiger partial charge in [-0.2, -0.15) is 4.37 Å². The standard InChI is InChI=1S/C24H21N5OS/c1-14-12-15(2)25-23-21(14)26-16(3)29(23)13-17-8-10-18(11-9-17)19-6-4-5-7-20(19)22-27-24(30)31-28-22/h4-12H,13H2,1-3H3,(H,27,28,30). The van der Waals surface area contributed by atoms with Crippen LogP contribution < -0.4 is 4.87 Å². The Balaban J connectivity index is 1.50. The molecule has 0 saturated carbocycles. The number of nitrogens with one attached hydrogen (secondary N) is 1. The lowest BCUT2D eigenvalue weighted by Crippen LogP contribution is -2.03. The van der Waals surface area contributed by atoms with Gasteiger partial charge in [-0.1, -0.05) is 48.5 Å². The van der Waals surface area contributed by atoms with Crippen molar-refractivity contribution in [3.63, 3.8) is 0 Å². The van der Waals surface area contributed by atoms with E-state index in [1.165, 1.54) is 5.56 Å². The molecule has 2 aromatic carbocycles. The van der Waals surface area contributed by atoms with Gasteiger partial charge in [0.1, 0.15) is 11.3 Å². The highest BCUT2D eigenvalue weighted by Gasteiger charge is 2.13. The quantitative estimate of drug-likeness (QED) is 0.443. The highest BCUT2D eigenvalue weighted by atomic mass is 32.1. The van der Waals surface area contributed by atoms with Crippen molar-refractivity contribution in [2.24, 2.45) is 0 Å². The second-order valence-corrected chi connectivity index (χ2v) is 8.42. The number of aromatic nitrogens is 5. The molecule has 7 heteroatoms. The van der Waals surface area contributed by atoms with Crippen LogP contribution >= 0.6 is 11.5 Å². The van der Waals surface area contributed by atoms with E-state index in [-0.39, 0.29) is 4.87 Å². The van der Waals surface area contributed by atoms with Crippen molar-refractivity contribution in [3.05, 3.63) is 86.9 Å². The highest BCUT2D eigenvalue weighted by Crippen LogP contribution is 2.30. The van der Waals surface area contributed by atoms with E-state index in [0.717, 1.165) is 56.5 Å². The van der Waals surface area contributed by atoms with Crippen molar-refractivity contribution in [2.45, 2.75) is 27.3 Å². The topological polar surface area (TPSA) is 76.5 Å². The largest absolute Gasteiger partial charge is 0.323 e. The number of benzene rings is 2. The Morgan fingerprint density at radius 2 is 1.71 bits per heavy atom. The molecule has 5 rings (SSSR count). The third-order valence-electron chi connectivity index (χ3n) is 5.44. The van der Waals surface area contributed by atoms with E-state index in [0.29, 0.717) is 12.4 Å². The van der Waals surface area contributed by atoms with Crippen LogP contribution in [0.1, 0.15) is 22.6 Å². The molecule has 154 valence electrons. The molecule has 0 atom stereocenters. The maximum Gasteiger partial charge on any atom is 0.323 e. The number of hydrogen-bond acceptors (Lipinski definition) is 5. The molecule has 31 heavy (non-hydrogen) atoms. The van der Waals surface area contributed by atoms with E-state index < -0.39 is 0 Å².